The van der Waals surface area contributed by atoms with Crippen LogP contribution in [0.4, 0.5) is 0 Å². The molecule has 4 rings (SSSR count). The normalized spacial score (nSPS) is 17.8. The molecule has 1 aromatic heterocycles. The molecule has 1 saturated heterocycles. The number of aromatic amines is 1. The smallest absolute Gasteiger partial charge is 0.254 e. The summed E-state index contributed by atoms with van der Waals surface area (Å²) in [6.45, 7) is 3.70. The van der Waals surface area contributed by atoms with Crippen LogP contribution in [0.25, 0.3) is 10.9 Å². The van der Waals surface area contributed by atoms with Crippen LogP contribution in [-0.2, 0) is 11.3 Å². The summed E-state index contributed by atoms with van der Waals surface area (Å²) < 4.78 is 0. The fourth-order valence-electron chi connectivity index (χ4n) is 3.92. The minimum atomic E-state index is -0.00990. The monoisotopic (exact) mass is 375 g/mol. The van der Waals surface area contributed by atoms with Crippen LogP contribution >= 0.6 is 0 Å². The van der Waals surface area contributed by atoms with Crippen LogP contribution in [0.1, 0.15) is 35.7 Å². The third kappa shape index (κ3) is 3.65. The Morgan fingerprint density at radius 1 is 1.14 bits per heavy atom. The molecule has 2 aromatic carbocycles. The van der Waals surface area contributed by atoms with Gasteiger partial charge < -0.3 is 14.8 Å². The van der Waals surface area contributed by atoms with Gasteiger partial charge in [0.1, 0.15) is 0 Å². The van der Waals surface area contributed by atoms with Crippen molar-refractivity contribution in [1.29, 1.82) is 0 Å². The lowest BCUT2D eigenvalue weighted by atomic mass is 10.1. The van der Waals surface area contributed by atoms with Gasteiger partial charge in [-0.1, -0.05) is 43.3 Å². The second-order valence-corrected chi connectivity index (χ2v) is 7.35. The highest BCUT2D eigenvalue weighted by molar-refractivity contribution is 5.98. The van der Waals surface area contributed by atoms with E-state index < -0.39 is 0 Å². The molecule has 0 spiro atoms. The van der Waals surface area contributed by atoms with Gasteiger partial charge in [0, 0.05) is 49.4 Å². The van der Waals surface area contributed by atoms with E-state index in [9.17, 15) is 9.59 Å². The Hall–Kier alpha value is -3.08. The number of H-pyrrole nitrogens is 1. The molecule has 2 amide bonds. The number of fused-ring (bicyclic) bond motifs is 1. The molecular weight excluding hydrogens is 350 g/mol. The third-order valence-corrected chi connectivity index (χ3v) is 5.54. The average Bonchev–Trinajstić information content (AvgIpc) is 3.14. The number of rotatable bonds is 4. The Kier molecular flexibility index (Phi) is 5.15. The van der Waals surface area contributed by atoms with Crippen LogP contribution in [0.5, 0.6) is 0 Å². The van der Waals surface area contributed by atoms with Crippen LogP contribution in [0.15, 0.2) is 60.8 Å². The van der Waals surface area contributed by atoms with E-state index in [1.54, 1.807) is 0 Å². The minimum Gasteiger partial charge on any atom is -0.361 e. The van der Waals surface area contributed by atoms with Crippen LogP contribution in [0.2, 0.25) is 0 Å². The number of amides is 2. The predicted molar refractivity (Wildman–Crippen MR) is 110 cm³/mol. The molecule has 1 aliphatic heterocycles. The zero-order chi connectivity index (χ0) is 19.5. The van der Waals surface area contributed by atoms with Crippen molar-refractivity contribution in [1.82, 2.24) is 14.8 Å². The summed E-state index contributed by atoms with van der Waals surface area (Å²) in [4.78, 5) is 32.9. The second-order valence-electron chi connectivity index (χ2n) is 7.35. The van der Waals surface area contributed by atoms with Crippen molar-refractivity contribution in [3.63, 3.8) is 0 Å². The van der Waals surface area contributed by atoms with Gasteiger partial charge >= 0.3 is 0 Å². The molecule has 1 N–H and O–H groups in total. The lowest BCUT2D eigenvalue weighted by Gasteiger charge is -2.31. The Morgan fingerprint density at radius 3 is 2.75 bits per heavy atom. The molecule has 0 radical (unpaired) electrons. The molecule has 5 heteroatoms. The first kappa shape index (κ1) is 18.3. The summed E-state index contributed by atoms with van der Waals surface area (Å²) in [6.07, 6.45) is 3.05. The summed E-state index contributed by atoms with van der Waals surface area (Å²) in [5.74, 6) is 0.107. The molecule has 0 unspecified atom stereocenters. The van der Waals surface area contributed by atoms with E-state index in [1.165, 1.54) is 0 Å². The van der Waals surface area contributed by atoms with Crippen molar-refractivity contribution in [3.8, 4) is 0 Å². The SMILES string of the molecule is CC[C@H]1CN(C(=O)c2ccc3cc[nH]c3c2)CCC(=O)N1Cc1ccccc1. The Morgan fingerprint density at radius 2 is 1.96 bits per heavy atom. The summed E-state index contributed by atoms with van der Waals surface area (Å²) in [5, 5.41) is 1.09. The number of hydrogen-bond acceptors (Lipinski definition) is 2. The van der Waals surface area contributed by atoms with Crippen molar-refractivity contribution in [2.24, 2.45) is 0 Å². The van der Waals surface area contributed by atoms with E-state index >= 15 is 0 Å². The van der Waals surface area contributed by atoms with Crippen molar-refractivity contribution >= 4 is 22.7 Å². The van der Waals surface area contributed by atoms with Crippen molar-refractivity contribution in [3.05, 3.63) is 71.9 Å². The first-order valence-electron chi connectivity index (χ1n) is 9.85. The molecule has 1 aliphatic rings. The molecule has 0 aliphatic carbocycles. The number of hydrogen-bond donors (Lipinski definition) is 1. The third-order valence-electron chi connectivity index (χ3n) is 5.54. The Labute approximate surface area is 165 Å². The Bertz CT molecular complexity index is 980. The van der Waals surface area contributed by atoms with E-state index in [0.29, 0.717) is 31.6 Å². The molecule has 0 bridgehead atoms. The molecular formula is C23H25N3O2. The van der Waals surface area contributed by atoms with Crippen molar-refractivity contribution < 1.29 is 9.59 Å². The predicted octanol–water partition coefficient (Wildman–Crippen LogP) is 3.82. The van der Waals surface area contributed by atoms with Crippen LogP contribution in [0, 0.1) is 0 Å². The molecule has 1 atom stereocenters. The van der Waals surface area contributed by atoms with Gasteiger partial charge in [0.15, 0.2) is 0 Å². The first-order valence-corrected chi connectivity index (χ1v) is 9.85. The van der Waals surface area contributed by atoms with E-state index in [0.717, 1.165) is 22.9 Å². The number of carbonyl (C=O) groups excluding carboxylic acids is 2. The van der Waals surface area contributed by atoms with Gasteiger partial charge in [-0.15, -0.1) is 0 Å². The van der Waals surface area contributed by atoms with Gasteiger partial charge in [-0.3, -0.25) is 9.59 Å². The van der Waals surface area contributed by atoms with Gasteiger partial charge in [-0.2, -0.15) is 0 Å². The quantitative estimate of drug-likeness (QED) is 0.754. The maximum absolute atomic E-state index is 13.1. The van der Waals surface area contributed by atoms with Crippen LogP contribution in [0.3, 0.4) is 0 Å². The summed E-state index contributed by atoms with van der Waals surface area (Å²) in [7, 11) is 0. The average molecular weight is 375 g/mol. The highest BCUT2D eigenvalue weighted by Crippen LogP contribution is 2.21. The topological polar surface area (TPSA) is 56.4 Å². The number of nitrogens with zero attached hydrogens (tertiary/aromatic N) is 2. The molecule has 28 heavy (non-hydrogen) atoms. The largest absolute Gasteiger partial charge is 0.361 e. The molecule has 144 valence electrons. The number of nitrogens with one attached hydrogen (secondary N) is 1. The summed E-state index contributed by atoms with van der Waals surface area (Å²) in [6, 6.07) is 17.8. The van der Waals surface area contributed by atoms with Gasteiger partial charge in [0.05, 0.1) is 0 Å². The molecule has 5 nitrogen and oxygen atoms in total. The lowest BCUT2D eigenvalue weighted by Crippen LogP contribution is -2.43. The molecule has 2 heterocycles. The molecule has 0 saturated carbocycles. The van der Waals surface area contributed by atoms with Crippen molar-refractivity contribution in [2.75, 3.05) is 13.1 Å². The van der Waals surface area contributed by atoms with Gasteiger partial charge in [-0.05, 0) is 35.6 Å². The van der Waals surface area contributed by atoms with E-state index in [1.807, 2.05) is 70.6 Å². The van der Waals surface area contributed by atoms with Gasteiger partial charge in [0.25, 0.3) is 5.91 Å². The van der Waals surface area contributed by atoms with Crippen molar-refractivity contribution in [2.45, 2.75) is 32.4 Å². The minimum absolute atomic E-state index is 0.00990. The summed E-state index contributed by atoms with van der Waals surface area (Å²) >= 11 is 0. The zero-order valence-corrected chi connectivity index (χ0v) is 16.1. The number of aromatic nitrogens is 1. The maximum atomic E-state index is 13.1. The van der Waals surface area contributed by atoms with E-state index in [4.69, 9.17) is 0 Å². The summed E-state index contributed by atoms with van der Waals surface area (Å²) in [5.41, 5.74) is 2.73. The Balaban J connectivity index is 1.54. The fourth-order valence-corrected chi connectivity index (χ4v) is 3.92. The molecule has 3 aromatic rings. The second kappa shape index (κ2) is 7.89. The lowest BCUT2D eigenvalue weighted by molar-refractivity contribution is -0.133. The first-order chi connectivity index (χ1) is 13.7. The van der Waals surface area contributed by atoms with Crippen LogP contribution < -0.4 is 0 Å². The van der Waals surface area contributed by atoms with Crippen LogP contribution in [-0.4, -0.2) is 45.7 Å². The number of benzene rings is 2. The highest BCUT2D eigenvalue weighted by Gasteiger charge is 2.31. The van der Waals surface area contributed by atoms with Gasteiger partial charge in [-0.25, -0.2) is 0 Å². The highest BCUT2D eigenvalue weighted by atomic mass is 16.2. The van der Waals surface area contributed by atoms with E-state index in [2.05, 4.69) is 11.9 Å². The number of carbonyl (C=O) groups is 2. The standard InChI is InChI=1S/C23H25N3O2/c1-2-20-16-25(23(28)19-9-8-18-10-12-24-21(18)14-19)13-11-22(27)26(20)15-17-6-4-3-5-7-17/h3-10,12,14,20,24H,2,11,13,15-16H2,1H3/t20-/m0/s1. The maximum Gasteiger partial charge on any atom is 0.254 e. The van der Waals surface area contributed by atoms with Gasteiger partial charge in [0.2, 0.25) is 5.91 Å². The zero-order valence-electron chi connectivity index (χ0n) is 16.1. The molecule has 1 fully saturated rings. The van der Waals surface area contributed by atoms with E-state index in [-0.39, 0.29) is 17.9 Å². The fraction of sp³-hybridized carbons (Fsp3) is 0.304.